The van der Waals surface area contributed by atoms with Gasteiger partial charge in [0.05, 0.1) is 35.0 Å². The fourth-order valence-electron chi connectivity index (χ4n) is 4.66. The molecule has 2 heterocycles. The Kier molecular flexibility index (Phi) is 6.14. The van der Waals surface area contributed by atoms with Crippen molar-refractivity contribution in [3.63, 3.8) is 0 Å². The molecule has 3 N–H and O–H groups in total. The number of anilines is 2. The van der Waals surface area contributed by atoms with Crippen LogP contribution in [-0.4, -0.2) is 47.7 Å². The number of carbonyl (C=O) groups excluding carboxylic acids is 1. The summed E-state index contributed by atoms with van der Waals surface area (Å²) in [7, 11) is 1.57. The minimum absolute atomic E-state index is 0.0188. The summed E-state index contributed by atoms with van der Waals surface area (Å²) in [5.74, 6) is 1.02. The highest BCUT2D eigenvalue weighted by molar-refractivity contribution is 6.31. The minimum Gasteiger partial charge on any atom is -0.493 e. The number of ether oxygens (including phenoxy) is 2. The molecular weight excluding hydrogens is 461 g/mol. The average molecular weight is 486 g/mol. The number of rotatable bonds is 5. The molecule has 1 aliphatic carbocycles. The third-order valence-electron chi connectivity index (χ3n) is 6.51. The quantitative estimate of drug-likeness (QED) is 0.503. The number of nitrogens with one attached hydrogen (secondary N) is 3. The lowest BCUT2D eigenvalue weighted by Crippen LogP contribution is -2.64. The predicted molar refractivity (Wildman–Crippen MR) is 127 cm³/mol. The van der Waals surface area contributed by atoms with Crippen molar-refractivity contribution in [1.29, 1.82) is 0 Å². The van der Waals surface area contributed by atoms with Gasteiger partial charge in [-0.05, 0) is 43.9 Å². The zero-order valence-corrected chi connectivity index (χ0v) is 19.4. The zero-order chi connectivity index (χ0) is 23.7. The first-order valence-corrected chi connectivity index (χ1v) is 11.6. The highest BCUT2D eigenvalue weighted by Crippen LogP contribution is 2.38. The van der Waals surface area contributed by atoms with Crippen LogP contribution in [0, 0.1) is 5.82 Å². The molecule has 0 radical (unpaired) electrons. The van der Waals surface area contributed by atoms with E-state index in [0.717, 1.165) is 19.4 Å². The van der Waals surface area contributed by atoms with Crippen LogP contribution in [0.15, 0.2) is 36.7 Å². The predicted octanol–water partition coefficient (Wildman–Crippen LogP) is 3.95. The lowest BCUT2D eigenvalue weighted by Gasteiger charge is -2.42. The van der Waals surface area contributed by atoms with Crippen LogP contribution in [0.3, 0.4) is 0 Å². The number of hydrogen-bond donors (Lipinski definition) is 3. The highest BCUT2D eigenvalue weighted by atomic mass is 35.5. The third kappa shape index (κ3) is 4.21. The van der Waals surface area contributed by atoms with E-state index in [4.69, 9.17) is 21.1 Å². The first-order valence-electron chi connectivity index (χ1n) is 11.2. The Labute approximate surface area is 201 Å². The SMILES string of the molecule is COc1cc2ncnc(Nc3cccc(Cl)c3F)c2cc1O[C@H]1CC[C@]2(CC1)NCCNC2=O. The zero-order valence-electron chi connectivity index (χ0n) is 18.7. The summed E-state index contributed by atoms with van der Waals surface area (Å²) in [6.07, 6.45) is 4.18. The Balaban J connectivity index is 1.41. The van der Waals surface area contributed by atoms with Crippen LogP contribution in [0.25, 0.3) is 10.9 Å². The van der Waals surface area contributed by atoms with Gasteiger partial charge < -0.3 is 25.4 Å². The van der Waals surface area contributed by atoms with E-state index in [1.165, 1.54) is 12.4 Å². The first-order chi connectivity index (χ1) is 16.5. The van der Waals surface area contributed by atoms with Gasteiger partial charge in [0.15, 0.2) is 17.3 Å². The molecule has 1 spiro atoms. The van der Waals surface area contributed by atoms with Crippen molar-refractivity contribution in [2.75, 3.05) is 25.5 Å². The van der Waals surface area contributed by atoms with Gasteiger partial charge in [-0.2, -0.15) is 0 Å². The van der Waals surface area contributed by atoms with E-state index < -0.39 is 11.4 Å². The lowest BCUT2D eigenvalue weighted by atomic mass is 9.78. The second kappa shape index (κ2) is 9.23. The van der Waals surface area contributed by atoms with E-state index >= 15 is 0 Å². The molecule has 2 aromatic carbocycles. The molecule has 0 unspecified atom stereocenters. The molecule has 8 nitrogen and oxygen atoms in total. The molecular formula is C24H25ClFN5O3. The van der Waals surface area contributed by atoms with E-state index in [2.05, 4.69) is 25.9 Å². The van der Waals surface area contributed by atoms with Gasteiger partial charge in [0.1, 0.15) is 12.1 Å². The van der Waals surface area contributed by atoms with E-state index in [1.54, 1.807) is 31.4 Å². The average Bonchev–Trinajstić information content (AvgIpc) is 2.85. The van der Waals surface area contributed by atoms with Crippen LogP contribution in [0.5, 0.6) is 11.5 Å². The molecule has 178 valence electrons. The number of carbonyl (C=O) groups is 1. The van der Waals surface area contributed by atoms with Gasteiger partial charge >= 0.3 is 0 Å². The maximum Gasteiger partial charge on any atom is 0.240 e. The molecule has 1 amide bonds. The Morgan fingerprint density at radius 1 is 1.18 bits per heavy atom. The summed E-state index contributed by atoms with van der Waals surface area (Å²) in [5, 5.41) is 10.0. The molecule has 0 atom stereocenters. The van der Waals surface area contributed by atoms with Crippen LogP contribution in [0.1, 0.15) is 25.7 Å². The normalized spacial score (nSPS) is 22.4. The van der Waals surface area contributed by atoms with Gasteiger partial charge in [-0.25, -0.2) is 14.4 Å². The topological polar surface area (TPSA) is 97.4 Å². The third-order valence-corrected chi connectivity index (χ3v) is 6.81. The summed E-state index contributed by atoms with van der Waals surface area (Å²) in [6, 6.07) is 8.30. The monoisotopic (exact) mass is 485 g/mol. The van der Waals surface area contributed by atoms with Crippen molar-refractivity contribution in [3.05, 3.63) is 47.5 Å². The molecule has 10 heteroatoms. The number of nitrogens with zero attached hydrogens (tertiary/aromatic N) is 2. The summed E-state index contributed by atoms with van der Waals surface area (Å²) in [4.78, 5) is 21.1. The van der Waals surface area contributed by atoms with Gasteiger partial charge in [-0.3, -0.25) is 4.79 Å². The minimum atomic E-state index is -0.558. The molecule has 1 saturated heterocycles. The number of amides is 1. The first kappa shape index (κ1) is 22.6. The van der Waals surface area contributed by atoms with Gasteiger partial charge in [-0.1, -0.05) is 17.7 Å². The fraction of sp³-hybridized carbons (Fsp3) is 0.375. The second-order valence-corrected chi connectivity index (χ2v) is 8.96. The summed E-state index contributed by atoms with van der Waals surface area (Å²) >= 11 is 5.92. The van der Waals surface area contributed by atoms with Gasteiger partial charge in [0.25, 0.3) is 0 Å². The van der Waals surface area contributed by atoms with E-state index in [0.29, 0.717) is 47.6 Å². The largest absolute Gasteiger partial charge is 0.493 e. The number of aromatic nitrogens is 2. The van der Waals surface area contributed by atoms with Crippen molar-refractivity contribution < 1.29 is 18.7 Å². The van der Waals surface area contributed by atoms with E-state index in [1.807, 2.05) is 0 Å². The van der Waals surface area contributed by atoms with Crippen molar-refractivity contribution in [1.82, 2.24) is 20.6 Å². The molecule has 1 aliphatic heterocycles. The van der Waals surface area contributed by atoms with Crippen molar-refractivity contribution in [3.8, 4) is 11.5 Å². The maximum absolute atomic E-state index is 14.5. The Bertz CT molecular complexity index is 1230. The lowest BCUT2D eigenvalue weighted by molar-refractivity contribution is -0.131. The molecule has 2 fully saturated rings. The Morgan fingerprint density at radius 3 is 2.76 bits per heavy atom. The Hall–Kier alpha value is -3.17. The standard InChI is InChI=1S/C24H25ClFN5O3/c1-33-19-12-18-15(22(29-13-28-18)31-17-4-2-3-16(25)21(17)26)11-20(19)34-14-5-7-24(8-6-14)23(32)27-9-10-30-24/h2-4,11-14,30H,5-10H2,1H3,(H,27,32)(H,28,29,31)/t14-,24+. The summed E-state index contributed by atoms with van der Waals surface area (Å²) in [5.41, 5.74) is 0.328. The number of benzene rings is 2. The van der Waals surface area contributed by atoms with E-state index in [-0.39, 0.29) is 22.7 Å². The number of halogens is 2. The number of methoxy groups -OCH3 is 1. The molecule has 0 bridgehead atoms. The molecule has 34 heavy (non-hydrogen) atoms. The van der Waals surface area contributed by atoms with E-state index in [9.17, 15) is 9.18 Å². The fourth-order valence-corrected chi connectivity index (χ4v) is 4.83. The Morgan fingerprint density at radius 2 is 2.00 bits per heavy atom. The number of hydrogen-bond acceptors (Lipinski definition) is 7. The van der Waals surface area contributed by atoms with Gasteiger partial charge in [0.2, 0.25) is 5.91 Å². The van der Waals surface area contributed by atoms with Crippen LogP contribution in [0.2, 0.25) is 5.02 Å². The van der Waals surface area contributed by atoms with Crippen molar-refractivity contribution in [2.24, 2.45) is 0 Å². The maximum atomic E-state index is 14.5. The van der Waals surface area contributed by atoms with Gasteiger partial charge in [-0.15, -0.1) is 0 Å². The van der Waals surface area contributed by atoms with Crippen LogP contribution in [-0.2, 0) is 4.79 Å². The van der Waals surface area contributed by atoms with Gasteiger partial charge in [0, 0.05) is 24.5 Å². The molecule has 1 aromatic heterocycles. The molecule has 3 aromatic rings. The molecule has 2 aliphatic rings. The number of fused-ring (bicyclic) bond motifs is 1. The summed E-state index contributed by atoms with van der Waals surface area (Å²) in [6.45, 7) is 1.44. The smallest absolute Gasteiger partial charge is 0.240 e. The second-order valence-electron chi connectivity index (χ2n) is 8.55. The number of piperazine rings is 1. The van der Waals surface area contributed by atoms with Crippen LogP contribution >= 0.6 is 11.6 Å². The summed E-state index contributed by atoms with van der Waals surface area (Å²) < 4.78 is 26.4. The van der Waals surface area contributed by atoms with Crippen LogP contribution in [0.4, 0.5) is 15.9 Å². The van der Waals surface area contributed by atoms with Crippen molar-refractivity contribution >= 4 is 39.9 Å². The molecule has 1 saturated carbocycles. The van der Waals surface area contributed by atoms with Crippen molar-refractivity contribution in [2.45, 2.75) is 37.3 Å². The van der Waals surface area contributed by atoms with Crippen LogP contribution < -0.4 is 25.4 Å². The molecule has 5 rings (SSSR count). The highest BCUT2D eigenvalue weighted by Gasteiger charge is 2.43.